The van der Waals surface area contributed by atoms with Crippen molar-refractivity contribution in [2.24, 2.45) is 0 Å². The maximum absolute atomic E-state index is 13.6. The van der Waals surface area contributed by atoms with Crippen molar-refractivity contribution < 1.29 is 9.18 Å². The van der Waals surface area contributed by atoms with E-state index in [0.29, 0.717) is 25.9 Å². The molecule has 0 saturated carbocycles. The molecule has 1 aromatic heterocycles. The Hall–Kier alpha value is -2.35. The van der Waals surface area contributed by atoms with Gasteiger partial charge in [-0.15, -0.1) is 12.3 Å². The molecule has 120 valence electrons. The van der Waals surface area contributed by atoms with Crippen molar-refractivity contribution in [3.05, 3.63) is 29.8 Å². The van der Waals surface area contributed by atoms with Crippen molar-refractivity contribution in [1.82, 2.24) is 14.5 Å². The highest BCUT2D eigenvalue weighted by atomic mass is 19.1. The van der Waals surface area contributed by atoms with E-state index in [2.05, 4.69) is 15.5 Å². The van der Waals surface area contributed by atoms with Crippen LogP contribution in [0.1, 0.15) is 37.5 Å². The van der Waals surface area contributed by atoms with Crippen LogP contribution in [0, 0.1) is 25.1 Å². The van der Waals surface area contributed by atoms with E-state index in [1.54, 1.807) is 12.1 Å². The number of hydrogen-bond acceptors (Lipinski definition) is 2. The fourth-order valence-electron chi connectivity index (χ4n) is 3.36. The van der Waals surface area contributed by atoms with Crippen LogP contribution >= 0.6 is 0 Å². The number of carbonyl (C=O) groups is 1. The van der Waals surface area contributed by atoms with Gasteiger partial charge in [0, 0.05) is 32.0 Å². The number of fused-ring (bicyclic) bond motifs is 1. The van der Waals surface area contributed by atoms with Gasteiger partial charge < -0.3 is 9.47 Å². The van der Waals surface area contributed by atoms with Crippen LogP contribution < -0.4 is 0 Å². The van der Waals surface area contributed by atoms with Crippen LogP contribution in [0.25, 0.3) is 11.0 Å². The number of terminal acetylenes is 1. The number of imidazole rings is 1. The Morgan fingerprint density at radius 1 is 1.43 bits per heavy atom. The molecule has 2 aromatic rings. The number of likely N-dealkylation sites (tertiary alicyclic amines) is 1. The molecule has 1 saturated heterocycles. The second-order valence-corrected chi connectivity index (χ2v) is 5.98. The molecule has 0 aliphatic carbocycles. The molecule has 0 radical (unpaired) electrons. The molecule has 1 amide bonds. The molecule has 1 aliphatic heterocycles. The molecule has 0 atom stereocenters. The summed E-state index contributed by atoms with van der Waals surface area (Å²) in [7, 11) is 0. The lowest BCUT2D eigenvalue weighted by Gasteiger charge is -2.33. The second kappa shape index (κ2) is 6.41. The summed E-state index contributed by atoms with van der Waals surface area (Å²) in [6, 6.07) is 4.94. The third-order valence-corrected chi connectivity index (χ3v) is 4.49. The van der Waals surface area contributed by atoms with Gasteiger partial charge in [-0.3, -0.25) is 4.79 Å². The molecule has 0 N–H and O–H groups in total. The summed E-state index contributed by atoms with van der Waals surface area (Å²) in [4.78, 5) is 18.4. The lowest BCUT2D eigenvalue weighted by molar-refractivity contribution is -0.132. The van der Waals surface area contributed by atoms with Crippen molar-refractivity contribution >= 4 is 16.9 Å². The lowest BCUT2D eigenvalue weighted by atomic mass is 10.0. The predicted octanol–water partition coefficient (Wildman–Crippen LogP) is 3.06. The normalized spacial score (nSPS) is 15.8. The van der Waals surface area contributed by atoms with Crippen molar-refractivity contribution in [3.8, 4) is 12.3 Å². The van der Waals surface area contributed by atoms with Gasteiger partial charge in [0.05, 0.1) is 11.0 Å². The molecular weight excluding hydrogens is 293 g/mol. The van der Waals surface area contributed by atoms with E-state index in [0.717, 1.165) is 29.7 Å². The van der Waals surface area contributed by atoms with E-state index >= 15 is 0 Å². The Morgan fingerprint density at radius 2 is 2.17 bits per heavy atom. The smallest absolute Gasteiger partial charge is 0.223 e. The molecule has 0 unspecified atom stereocenters. The van der Waals surface area contributed by atoms with E-state index < -0.39 is 0 Å². The number of aromatic nitrogens is 2. The SMILES string of the molecule is C#CCCC(=O)N1CCC(n2c(C)nc3ccc(F)cc32)CC1. The first-order valence-electron chi connectivity index (χ1n) is 7.95. The zero-order valence-electron chi connectivity index (χ0n) is 13.3. The molecule has 5 heteroatoms. The minimum absolute atomic E-state index is 0.125. The first-order chi connectivity index (χ1) is 11.1. The third kappa shape index (κ3) is 3.07. The monoisotopic (exact) mass is 313 g/mol. The number of carbonyl (C=O) groups excluding carboxylic acids is 1. The average Bonchev–Trinajstić information content (AvgIpc) is 2.88. The number of nitrogens with zero attached hydrogens (tertiary/aromatic N) is 3. The summed E-state index contributed by atoms with van der Waals surface area (Å²) in [5.74, 6) is 3.27. The van der Waals surface area contributed by atoms with E-state index in [9.17, 15) is 9.18 Å². The van der Waals surface area contributed by atoms with Crippen LogP contribution in [0.4, 0.5) is 4.39 Å². The van der Waals surface area contributed by atoms with Gasteiger partial charge in [-0.2, -0.15) is 0 Å². The fraction of sp³-hybridized carbons (Fsp3) is 0.444. The maximum atomic E-state index is 13.6. The molecule has 1 fully saturated rings. The zero-order valence-corrected chi connectivity index (χ0v) is 13.3. The fourth-order valence-corrected chi connectivity index (χ4v) is 3.36. The van der Waals surface area contributed by atoms with Gasteiger partial charge in [-0.25, -0.2) is 9.37 Å². The van der Waals surface area contributed by atoms with Crippen molar-refractivity contribution in [2.75, 3.05) is 13.1 Å². The van der Waals surface area contributed by atoms with E-state index in [1.807, 2.05) is 11.8 Å². The number of amides is 1. The predicted molar refractivity (Wildman–Crippen MR) is 87.3 cm³/mol. The topological polar surface area (TPSA) is 38.1 Å². The minimum Gasteiger partial charge on any atom is -0.343 e. The van der Waals surface area contributed by atoms with E-state index in [4.69, 9.17) is 6.42 Å². The number of piperidine rings is 1. The number of halogens is 1. The maximum Gasteiger partial charge on any atom is 0.223 e. The molecular formula is C18H20FN3O. The van der Waals surface area contributed by atoms with Crippen molar-refractivity contribution in [3.63, 3.8) is 0 Å². The quantitative estimate of drug-likeness (QED) is 0.817. The van der Waals surface area contributed by atoms with Gasteiger partial charge >= 0.3 is 0 Å². The molecule has 0 bridgehead atoms. The van der Waals surface area contributed by atoms with Crippen molar-refractivity contribution in [2.45, 2.75) is 38.6 Å². The summed E-state index contributed by atoms with van der Waals surface area (Å²) in [6.07, 6.45) is 7.82. The molecule has 4 nitrogen and oxygen atoms in total. The Balaban J connectivity index is 1.75. The Morgan fingerprint density at radius 3 is 2.87 bits per heavy atom. The number of aryl methyl sites for hydroxylation is 1. The van der Waals surface area contributed by atoms with Crippen LogP contribution in [0.5, 0.6) is 0 Å². The van der Waals surface area contributed by atoms with Gasteiger partial charge in [0.2, 0.25) is 5.91 Å². The Labute approximate surface area is 135 Å². The summed E-state index contributed by atoms with van der Waals surface area (Å²) < 4.78 is 15.7. The molecule has 0 spiro atoms. The molecule has 3 rings (SSSR count). The minimum atomic E-state index is -0.249. The van der Waals surface area contributed by atoms with Gasteiger partial charge in [0.1, 0.15) is 11.6 Å². The third-order valence-electron chi connectivity index (χ3n) is 4.49. The number of benzene rings is 1. The number of hydrogen-bond donors (Lipinski definition) is 0. The summed E-state index contributed by atoms with van der Waals surface area (Å²) in [5.41, 5.74) is 1.65. The van der Waals surface area contributed by atoms with Crippen molar-refractivity contribution in [1.29, 1.82) is 0 Å². The first kappa shape index (κ1) is 15.5. The standard InChI is InChI=1S/C18H20FN3O/c1-3-4-5-18(23)21-10-8-15(9-11-21)22-13(2)20-16-7-6-14(19)12-17(16)22/h1,6-7,12,15H,4-5,8-11H2,2H3. The lowest BCUT2D eigenvalue weighted by Crippen LogP contribution is -2.39. The van der Waals surface area contributed by atoms with E-state index in [-0.39, 0.29) is 17.8 Å². The largest absolute Gasteiger partial charge is 0.343 e. The molecule has 2 heterocycles. The molecule has 1 aliphatic rings. The molecule has 1 aromatic carbocycles. The average molecular weight is 313 g/mol. The van der Waals surface area contributed by atoms with Crippen LogP contribution in [0.2, 0.25) is 0 Å². The summed E-state index contributed by atoms with van der Waals surface area (Å²) >= 11 is 0. The highest BCUT2D eigenvalue weighted by Crippen LogP contribution is 2.29. The Bertz CT molecular complexity index is 766. The zero-order chi connectivity index (χ0) is 16.4. The van der Waals surface area contributed by atoms with Gasteiger partial charge in [0.15, 0.2) is 0 Å². The van der Waals surface area contributed by atoms with Gasteiger partial charge in [-0.05, 0) is 38.0 Å². The van der Waals surface area contributed by atoms with E-state index in [1.165, 1.54) is 6.07 Å². The van der Waals surface area contributed by atoms with Gasteiger partial charge in [0.25, 0.3) is 0 Å². The van der Waals surface area contributed by atoms with Crippen LogP contribution in [-0.2, 0) is 4.79 Å². The van der Waals surface area contributed by atoms with Crippen LogP contribution in [0.3, 0.4) is 0 Å². The Kier molecular flexibility index (Phi) is 4.33. The highest BCUT2D eigenvalue weighted by Gasteiger charge is 2.25. The summed E-state index contributed by atoms with van der Waals surface area (Å²) in [5, 5.41) is 0. The molecule has 23 heavy (non-hydrogen) atoms. The highest BCUT2D eigenvalue weighted by molar-refractivity contribution is 5.77. The van der Waals surface area contributed by atoms with Crippen LogP contribution in [-0.4, -0.2) is 33.4 Å². The van der Waals surface area contributed by atoms with Gasteiger partial charge in [-0.1, -0.05) is 0 Å². The van der Waals surface area contributed by atoms with Crippen LogP contribution in [0.15, 0.2) is 18.2 Å². The first-order valence-corrected chi connectivity index (χ1v) is 7.95. The summed E-state index contributed by atoms with van der Waals surface area (Å²) in [6.45, 7) is 3.37. The number of rotatable bonds is 3. The second-order valence-electron chi connectivity index (χ2n) is 5.98.